The van der Waals surface area contributed by atoms with Gasteiger partial charge in [-0.25, -0.2) is 8.78 Å². The normalized spacial score (nSPS) is 26.6. The maximum absolute atomic E-state index is 14.3. The average Bonchev–Trinajstić information content (AvgIpc) is 3.05. The van der Waals surface area contributed by atoms with Crippen LogP contribution >= 0.6 is 0 Å². The summed E-state index contributed by atoms with van der Waals surface area (Å²) < 4.78 is 33.8. The predicted octanol–water partition coefficient (Wildman–Crippen LogP) is 3.68. The number of rotatable bonds is 4. The zero-order valence-corrected chi connectivity index (χ0v) is 17.4. The van der Waals surface area contributed by atoms with Gasteiger partial charge < -0.3 is 9.64 Å². The molecule has 3 aliphatic rings. The van der Waals surface area contributed by atoms with Crippen LogP contribution in [0.15, 0.2) is 24.3 Å². The second kappa shape index (κ2) is 6.54. The third-order valence-corrected chi connectivity index (χ3v) is 7.61. The number of carbonyl (C=O) groups excluding carboxylic acids is 1. The number of nitrogens with zero attached hydrogens (tertiary/aromatic N) is 3. The van der Waals surface area contributed by atoms with E-state index < -0.39 is 17.0 Å². The number of carbonyl (C=O) groups is 1. The molecular weight excluding hydrogens is 388 g/mol. The Labute approximate surface area is 174 Å². The summed E-state index contributed by atoms with van der Waals surface area (Å²) in [5.41, 5.74) is 0.536. The largest absolute Gasteiger partial charge is 0.384 e. The smallest absolute Gasteiger partial charge is 0.235 e. The zero-order valence-electron chi connectivity index (χ0n) is 17.4. The van der Waals surface area contributed by atoms with E-state index in [1.54, 1.807) is 13.2 Å². The second-order valence-electron chi connectivity index (χ2n) is 9.38. The minimum Gasteiger partial charge on any atom is -0.384 e. The monoisotopic (exact) mass is 413 g/mol. The molecule has 7 heteroatoms. The summed E-state index contributed by atoms with van der Waals surface area (Å²) >= 11 is 0. The minimum absolute atomic E-state index is 0.0974. The number of ether oxygens (including phenoxy) is 1. The van der Waals surface area contributed by atoms with Gasteiger partial charge in [-0.1, -0.05) is 19.9 Å². The summed E-state index contributed by atoms with van der Waals surface area (Å²) in [4.78, 5) is 15.6. The molecule has 2 aliphatic carbocycles. The molecule has 1 unspecified atom stereocenters. The lowest BCUT2D eigenvalue weighted by molar-refractivity contribution is -0.149. The number of aromatic nitrogens is 2. The molecule has 0 radical (unpaired) electrons. The number of methoxy groups -OCH3 is 1. The summed E-state index contributed by atoms with van der Waals surface area (Å²) in [7, 11) is 1.67. The Kier molecular flexibility index (Phi) is 4.26. The molecule has 2 bridgehead atoms. The van der Waals surface area contributed by atoms with E-state index in [1.165, 1.54) is 18.2 Å². The van der Waals surface area contributed by atoms with Crippen LogP contribution in [0.25, 0.3) is 11.3 Å². The molecule has 0 N–H and O–H groups in total. The standard InChI is InChI=1S/C23H25F2N3O2/c1-22(2)15-7-8-23(22,21(29)28-10-13(11-28)12-30-3)20-14(15)9-18(26-27-20)19-16(24)5-4-6-17(19)25/h4-6,9,13,15H,7-8,10-12H2,1-3H3/t15-,23?/m1/s1. The molecule has 1 saturated carbocycles. The van der Waals surface area contributed by atoms with Crippen molar-refractivity contribution in [1.82, 2.24) is 15.1 Å². The molecule has 5 nitrogen and oxygen atoms in total. The lowest BCUT2D eigenvalue weighted by Crippen LogP contribution is -2.59. The van der Waals surface area contributed by atoms with E-state index in [-0.39, 0.29) is 28.5 Å². The van der Waals surface area contributed by atoms with Gasteiger partial charge in [0.25, 0.3) is 0 Å². The van der Waals surface area contributed by atoms with Crippen molar-refractivity contribution >= 4 is 5.91 Å². The van der Waals surface area contributed by atoms with Crippen LogP contribution in [-0.4, -0.2) is 47.8 Å². The van der Waals surface area contributed by atoms with E-state index in [0.717, 1.165) is 18.4 Å². The Hall–Kier alpha value is -2.41. The van der Waals surface area contributed by atoms with E-state index in [2.05, 4.69) is 24.0 Å². The highest BCUT2D eigenvalue weighted by Crippen LogP contribution is 2.68. The molecule has 1 aromatic heterocycles. The van der Waals surface area contributed by atoms with Gasteiger partial charge in [0.15, 0.2) is 0 Å². The summed E-state index contributed by atoms with van der Waals surface area (Å²) in [6, 6.07) is 5.51. The quantitative estimate of drug-likeness (QED) is 0.767. The number of benzene rings is 1. The van der Waals surface area contributed by atoms with E-state index in [1.807, 2.05) is 4.90 Å². The van der Waals surface area contributed by atoms with Crippen LogP contribution in [0.5, 0.6) is 0 Å². The topological polar surface area (TPSA) is 55.3 Å². The van der Waals surface area contributed by atoms with Crippen LogP contribution in [0.2, 0.25) is 0 Å². The molecule has 1 aromatic carbocycles. The molecule has 2 aromatic rings. The number of likely N-dealkylation sites (tertiary alicyclic amines) is 1. The van der Waals surface area contributed by atoms with Crippen LogP contribution in [0.3, 0.4) is 0 Å². The van der Waals surface area contributed by atoms with Gasteiger partial charge in [-0.15, -0.1) is 5.10 Å². The number of hydrogen-bond acceptors (Lipinski definition) is 4. The van der Waals surface area contributed by atoms with Gasteiger partial charge in [-0.05, 0) is 47.9 Å². The summed E-state index contributed by atoms with van der Waals surface area (Å²) in [6.07, 6.45) is 1.58. The highest BCUT2D eigenvalue weighted by atomic mass is 19.1. The van der Waals surface area contributed by atoms with Crippen molar-refractivity contribution < 1.29 is 18.3 Å². The third-order valence-electron chi connectivity index (χ3n) is 7.61. The fourth-order valence-electron chi connectivity index (χ4n) is 6.01. The Morgan fingerprint density at radius 1 is 1.23 bits per heavy atom. The molecule has 5 rings (SSSR count). The fraction of sp³-hybridized carbons (Fsp3) is 0.522. The lowest BCUT2D eigenvalue weighted by atomic mass is 9.67. The van der Waals surface area contributed by atoms with Crippen molar-refractivity contribution in [2.75, 3.05) is 26.8 Å². The molecule has 30 heavy (non-hydrogen) atoms. The number of halogens is 2. The second-order valence-corrected chi connectivity index (χ2v) is 9.38. The maximum atomic E-state index is 14.3. The van der Waals surface area contributed by atoms with Gasteiger partial charge in [-0.3, -0.25) is 4.79 Å². The highest BCUT2D eigenvalue weighted by Gasteiger charge is 2.68. The van der Waals surface area contributed by atoms with Gasteiger partial charge >= 0.3 is 0 Å². The van der Waals surface area contributed by atoms with Gasteiger partial charge in [0.05, 0.1) is 29.0 Å². The summed E-state index contributed by atoms with van der Waals surface area (Å²) in [6.45, 7) is 6.25. The van der Waals surface area contributed by atoms with Crippen molar-refractivity contribution in [2.45, 2.75) is 38.0 Å². The van der Waals surface area contributed by atoms with Crippen molar-refractivity contribution in [3.05, 3.63) is 47.2 Å². The van der Waals surface area contributed by atoms with Crippen LogP contribution in [0, 0.1) is 23.0 Å². The number of hydrogen-bond donors (Lipinski definition) is 0. The Bertz CT molecular complexity index is 1010. The first-order valence-corrected chi connectivity index (χ1v) is 10.4. The van der Waals surface area contributed by atoms with Gasteiger partial charge in [0, 0.05) is 26.1 Å². The zero-order chi connectivity index (χ0) is 21.3. The molecule has 0 spiro atoms. The van der Waals surface area contributed by atoms with Crippen molar-refractivity contribution in [1.29, 1.82) is 0 Å². The third kappa shape index (κ3) is 2.38. The minimum atomic E-state index is -0.732. The van der Waals surface area contributed by atoms with Crippen molar-refractivity contribution in [3.8, 4) is 11.3 Å². The van der Waals surface area contributed by atoms with Crippen LogP contribution in [0.4, 0.5) is 8.78 Å². The molecule has 1 amide bonds. The first-order valence-electron chi connectivity index (χ1n) is 10.4. The summed E-state index contributed by atoms with van der Waals surface area (Å²) in [5.74, 6) is -0.754. The number of fused-ring (bicyclic) bond motifs is 5. The first-order chi connectivity index (χ1) is 14.3. The highest BCUT2D eigenvalue weighted by molar-refractivity contribution is 5.92. The van der Waals surface area contributed by atoms with Crippen LogP contribution < -0.4 is 0 Å². The van der Waals surface area contributed by atoms with Crippen molar-refractivity contribution in [3.63, 3.8) is 0 Å². The Morgan fingerprint density at radius 3 is 2.60 bits per heavy atom. The van der Waals surface area contributed by atoms with E-state index in [0.29, 0.717) is 31.3 Å². The maximum Gasteiger partial charge on any atom is 0.235 e. The van der Waals surface area contributed by atoms with Crippen molar-refractivity contribution in [2.24, 2.45) is 11.3 Å². The molecule has 2 atom stereocenters. The SMILES string of the molecule is COCC1CN(C(=O)C23CC[C@H](c4cc(-c5c(F)cccc5F)nnc42)C3(C)C)C1. The molecule has 158 valence electrons. The van der Waals surface area contributed by atoms with E-state index >= 15 is 0 Å². The van der Waals surface area contributed by atoms with Gasteiger partial charge in [0.2, 0.25) is 5.91 Å². The fourth-order valence-corrected chi connectivity index (χ4v) is 6.01. The molecular formula is C23H25F2N3O2. The van der Waals surface area contributed by atoms with E-state index in [9.17, 15) is 13.6 Å². The van der Waals surface area contributed by atoms with Gasteiger partial charge in [-0.2, -0.15) is 5.10 Å². The first kappa shape index (κ1) is 19.5. The van der Waals surface area contributed by atoms with Crippen LogP contribution in [0.1, 0.15) is 43.9 Å². The van der Waals surface area contributed by atoms with E-state index in [4.69, 9.17) is 4.74 Å². The number of amides is 1. The molecule has 2 fully saturated rings. The molecule has 2 heterocycles. The Balaban J connectivity index is 1.56. The average molecular weight is 413 g/mol. The molecule has 1 saturated heterocycles. The van der Waals surface area contributed by atoms with Crippen LogP contribution in [-0.2, 0) is 14.9 Å². The Morgan fingerprint density at radius 2 is 1.93 bits per heavy atom. The summed E-state index contributed by atoms with van der Waals surface area (Å²) in [5, 5.41) is 8.61. The predicted molar refractivity (Wildman–Crippen MR) is 107 cm³/mol. The molecule has 1 aliphatic heterocycles. The lowest BCUT2D eigenvalue weighted by Gasteiger charge is -2.46. The van der Waals surface area contributed by atoms with Gasteiger partial charge in [0.1, 0.15) is 11.6 Å².